The van der Waals surface area contributed by atoms with Gasteiger partial charge in [0, 0.05) is 62.2 Å². The van der Waals surface area contributed by atoms with Gasteiger partial charge in [0.2, 0.25) is 0 Å². The second kappa shape index (κ2) is 19.1. The van der Waals surface area contributed by atoms with Gasteiger partial charge in [0.05, 0.1) is 7.85 Å². The Labute approximate surface area is 75.7 Å². The van der Waals surface area contributed by atoms with Gasteiger partial charge in [0.15, 0.2) is 0 Å². The molecule has 0 heterocycles. The molecule has 0 aliphatic rings. The standard InChI is InChI=1S/CH3B.2U/c1-2;;/h1H3;;. The van der Waals surface area contributed by atoms with Crippen LogP contribution in [-0.4, -0.2) is 7.85 Å². The maximum absolute atomic E-state index is 4.50. The number of hydrogen-bond donors (Lipinski definition) is 0. The van der Waals surface area contributed by atoms with Crippen molar-refractivity contribution in [3.8, 4) is 0 Å². The van der Waals surface area contributed by atoms with Crippen molar-refractivity contribution in [2.75, 3.05) is 0 Å². The predicted molar refractivity (Wildman–Crippen MR) is 11.6 cm³/mol. The van der Waals surface area contributed by atoms with Gasteiger partial charge in [-0.25, -0.2) is 0 Å². The first kappa shape index (κ1) is 16.4. The van der Waals surface area contributed by atoms with Crippen molar-refractivity contribution in [1.82, 2.24) is 0 Å². The summed E-state index contributed by atoms with van der Waals surface area (Å²) in [4.78, 5) is 0. The Kier molecular flexibility index (Phi) is 78.4. The first-order valence-electron chi connectivity index (χ1n) is 0.577. The molecule has 0 atom stereocenters. The second-order valence-electron chi connectivity index (χ2n) is 0. The van der Waals surface area contributed by atoms with Crippen molar-refractivity contribution in [3.63, 3.8) is 0 Å². The smallest absolute Gasteiger partial charge is 0.0606 e. The van der Waals surface area contributed by atoms with E-state index in [0.717, 1.165) is 0 Å². The van der Waals surface area contributed by atoms with E-state index in [4.69, 9.17) is 0 Å². The van der Waals surface area contributed by atoms with Gasteiger partial charge >= 0.3 is 0 Å². The van der Waals surface area contributed by atoms with Crippen molar-refractivity contribution in [2.45, 2.75) is 6.82 Å². The Morgan fingerprint density at radius 1 is 1.00 bits per heavy atom. The van der Waals surface area contributed by atoms with E-state index in [1.54, 1.807) is 0 Å². The molecule has 0 aromatic carbocycles. The largest absolute Gasteiger partial charge is 0.0999 e. The molecule has 3 heteroatoms. The van der Waals surface area contributed by atoms with E-state index in [1.165, 1.54) is 6.82 Å². The van der Waals surface area contributed by atoms with E-state index >= 15 is 0 Å². The van der Waals surface area contributed by atoms with Crippen LogP contribution in [0.4, 0.5) is 0 Å². The van der Waals surface area contributed by atoms with Gasteiger partial charge in [0.1, 0.15) is 0 Å². The molecule has 0 bridgehead atoms. The van der Waals surface area contributed by atoms with E-state index in [2.05, 4.69) is 7.85 Å². The summed E-state index contributed by atoms with van der Waals surface area (Å²) in [5.74, 6) is 0. The summed E-state index contributed by atoms with van der Waals surface area (Å²) in [6.45, 7) is 1.50. The quantitative estimate of drug-likeness (QED) is 0.416. The molecule has 0 spiro atoms. The molecule has 4 heavy (non-hydrogen) atoms. The van der Waals surface area contributed by atoms with Crippen LogP contribution in [0.2, 0.25) is 6.82 Å². The van der Waals surface area contributed by atoms with Crippen LogP contribution >= 0.6 is 0 Å². The molecular formula is CH3BU2. The van der Waals surface area contributed by atoms with Gasteiger partial charge in [0.25, 0.3) is 0 Å². The van der Waals surface area contributed by atoms with Crippen LogP contribution in [0.15, 0.2) is 0 Å². The van der Waals surface area contributed by atoms with E-state index in [0.29, 0.717) is 0 Å². The van der Waals surface area contributed by atoms with Crippen LogP contribution in [0.5, 0.6) is 0 Å². The Bertz CT molecular complexity index is 6.00. The molecule has 18 valence electrons. The first-order chi connectivity index (χ1) is 1.00. The summed E-state index contributed by atoms with van der Waals surface area (Å²) >= 11 is 0. The number of rotatable bonds is 0. The summed E-state index contributed by atoms with van der Waals surface area (Å²) in [5, 5.41) is 0. The predicted octanol–water partition coefficient (Wildman–Crippen LogP) is 0.203. The van der Waals surface area contributed by atoms with Gasteiger partial charge < -0.3 is 0 Å². The molecule has 2 radical (unpaired) electrons. The molecule has 0 aromatic heterocycles. The van der Waals surface area contributed by atoms with Crippen molar-refractivity contribution in [3.05, 3.63) is 0 Å². The summed E-state index contributed by atoms with van der Waals surface area (Å²) in [7, 11) is 4.50. The van der Waals surface area contributed by atoms with Gasteiger partial charge in [-0.1, -0.05) is 6.82 Å². The topological polar surface area (TPSA) is 0 Å². The molecule has 0 saturated heterocycles. The molecule has 0 unspecified atom stereocenters. The van der Waals surface area contributed by atoms with E-state index in [1.807, 2.05) is 0 Å². The minimum Gasteiger partial charge on any atom is -0.0999 e. The van der Waals surface area contributed by atoms with Gasteiger partial charge in [-0.3, -0.25) is 0 Å². The van der Waals surface area contributed by atoms with Crippen molar-refractivity contribution in [1.29, 1.82) is 0 Å². The Hall–Kier alpha value is 2.17. The van der Waals surface area contributed by atoms with E-state index < -0.39 is 0 Å². The third-order valence-corrected chi connectivity index (χ3v) is 0. The normalized spacial score (nSPS) is 1.25. The van der Waals surface area contributed by atoms with Crippen LogP contribution in [0.1, 0.15) is 0 Å². The summed E-state index contributed by atoms with van der Waals surface area (Å²) in [5.41, 5.74) is 0. The van der Waals surface area contributed by atoms with Gasteiger partial charge in [-0.05, 0) is 0 Å². The molecule has 0 aliphatic carbocycles. The molecule has 0 saturated carbocycles. The zero-order chi connectivity index (χ0) is 2.00. The minimum atomic E-state index is 0. The molecule has 0 fully saturated rings. The summed E-state index contributed by atoms with van der Waals surface area (Å²) < 4.78 is 0. The zero-order valence-electron chi connectivity index (χ0n) is 2.58. The minimum absolute atomic E-state index is 0. The third-order valence-electron chi connectivity index (χ3n) is 0. The van der Waals surface area contributed by atoms with Crippen LogP contribution in [-0.2, 0) is 0 Å². The molecule has 0 aromatic rings. The van der Waals surface area contributed by atoms with Crippen LogP contribution in [0, 0.1) is 62.2 Å². The van der Waals surface area contributed by atoms with Crippen LogP contribution in [0.3, 0.4) is 0 Å². The maximum atomic E-state index is 4.50. The summed E-state index contributed by atoms with van der Waals surface area (Å²) in [6.07, 6.45) is 0. The van der Waals surface area contributed by atoms with Crippen molar-refractivity contribution in [2.24, 2.45) is 0 Å². The number of hydrogen-bond acceptors (Lipinski definition) is 0. The van der Waals surface area contributed by atoms with E-state index in [-0.39, 0.29) is 62.2 Å². The fraction of sp³-hybridized carbons (Fsp3) is 1.00. The van der Waals surface area contributed by atoms with E-state index in [9.17, 15) is 0 Å². The average Bonchev–Trinajstić information content (AvgIpc) is 1.00. The Morgan fingerprint density at radius 3 is 1.00 bits per heavy atom. The molecule has 0 aliphatic heterocycles. The second-order valence-corrected chi connectivity index (χ2v) is 0. The Balaban J connectivity index is -0.00000000500. The molecular weight excluding hydrogens is 499 g/mol. The van der Waals surface area contributed by atoms with Gasteiger partial charge in [-0.15, -0.1) is 0 Å². The fourth-order valence-electron chi connectivity index (χ4n) is 0. The molecule has 0 amide bonds. The SMILES string of the molecule is [B]C.[U].[U]. The third kappa shape index (κ3) is 8.90. The zero-order valence-corrected chi connectivity index (χ0v) is 10.9. The molecule has 0 nitrogen and oxygen atoms in total. The van der Waals surface area contributed by atoms with Gasteiger partial charge in [-0.2, -0.15) is 0 Å². The summed E-state index contributed by atoms with van der Waals surface area (Å²) in [6, 6.07) is 0. The van der Waals surface area contributed by atoms with Crippen molar-refractivity contribution < 1.29 is 62.2 Å². The monoisotopic (exact) mass is 502 g/mol. The Morgan fingerprint density at radius 2 is 1.00 bits per heavy atom. The fourth-order valence-corrected chi connectivity index (χ4v) is 0. The molecule has 0 rings (SSSR count). The van der Waals surface area contributed by atoms with Crippen LogP contribution in [0.25, 0.3) is 0 Å². The maximum Gasteiger partial charge on any atom is 0.0606 e. The first-order valence-corrected chi connectivity index (χ1v) is 0.577. The molecule has 0 N–H and O–H groups in total. The van der Waals surface area contributed by atoms with Crippen LogP contribution < -0.4 is 0 Å². The average molecular weight is 502 g/mol. The van der Waals surface area contributed by atoms with Crippen molar-refractivity contribution >= 4 is 7.85 Å².